The number of hydrogen-bond donors (Lipinski definition) is 3. The second kappa shape index (κ2) is 30.0. The van der Waals surface area contributed by atoms with E-state index in [4.69, 9.17) is 23.7 Å². The van der Waals surface area contributed by atoms with Crippen molar-refractivity contribution in [2.24, 2.45) is 17.8 Å². The van der Waals surface area contributed by atoms with Gasteiger partial charge in [0, 0.05) is 54.4 Å². The van der Waals surface area contributed by atoms with Gasteiger partial charge in [0.25, 0.3) is 11.8 Å². The lowest BCUT2D eigenvalue weighted by molar-refractivity contribution is -0.177. The number of esters is 4. The van der Waals surface area contributed by atoms with Crippen LogP contribution in [0.5, 0.6) is 0 Å². The van der Waals surface area contributed by atoms with Gasteiger partial charge in [0.15, 0.2) is 18.2 Å². The smallest absolute Gasteiger partial charge is 0.333 e. The number of nitrogens with one attached hydrogen (secondary N) is 3. The molecule has 22 nitrogen and oxygen atoms in total. The fourth-order valence-corrected chi connectivity index (χ4v) is 8.22. The van der Waals surface area contributed by atoms with Gasteiger partial charge in [-0.3, -0.25) is 43.2 Å². The Kier molecular flexibility index (Phi) is 25.8. The summed E-state index contributed by atoms with van der Waals surface area (Å²) in [7, 11) is 4.87. The van der Waals surface area contributed by atoms with Crippen LogP contribution in [0, 0.1) is 17.8 Å². The van der Waals surface area contributed by atoms with Crippen molar-refractivity contribution in [1.29, 1.82) is 0 Å². The fraction of sp³-hybridized carbons (Fsp3) is 0.642. The number of hydrogen-bond acceptors (Lipinski definition) is 16. The third kappa shape index (κ3) is 18.6. The molecule has 1 aromatic carbocycles. The Morgan fingerprint density at radius 1 is 0.787 bits per heavy atom. The molecule has 6 amide bonds. The zero-order valence-corrected chi connectivity index (χ0v) is 46.2. The van der Waals surface area contributed by atoms with Gasteiger partial charge in [0.1, 0.15) is 53.8 Å². The maximum absolute atomic E-state index is 15.2. The number of nitrogens with zero attached hydrogens (tertiary/aromatic N) is 3. The van der Waals surface area contributed by atoms with Crippen LogP contribution in [0.25, 0.3) is 0 Å². The molecule has 0 aromatic heterocycles. The molecule has 0 saturated carbocycles. The van der Waals surface area contributed by atoms with Gasteiger partial charge in [-0.15, -0.1) is 0 Å². The molecule has 3 N–H and O–H groups in total. The molecule has 0 aliphatic carbocycles. The molecule has 1 heterocycles. The van der Waals surface area contributed by atoms with E-state index in [1.165, 1.54) is 62.9 Å². The van der Waals surface area contributed by atoms with Crippen molar-refractivity contribution in [3.8, 4) is 0 Å². The minimum absolute atomic E-state index is 0.0614. The summed E-state index contributed by atoms with van der Waals surface area (Å²) >= 11 is 0. The van der Waals surface area contributed by atoms with E-state index in [2.05, 4.69) is 22.5 Å². The Labute approximate surface area is 440 Å². The van der Waals surface area contributed by atoms with Gasteiger partial charge >= 0.3 is 23.9 Å². The largest absolute Gasteiger partial charge is 0.461 e. The molecule has 0 radical (unpaired) electrons. The molecule has 418 valence electrons. The van der Waals surface area contributed by atoms with Crippen molar-refractivity contribution in [1.82, 2.24) is 30.7 Å². The molecule has 0 bridgehead atoms. The molecule has 1 saturated heterocycles. The minimum atomic E-state index is -1.86. The van der Waals surface area contributed by atoms with Crippen molar-refractivity contribution < 1.29 is 76.4 Å². The van der Waals surface area contributed by atoms with Crippen LogP contribution in [0.2, 0.25) is 0 Å². The van der Waals surface area contributed by atoms with E-state index in [-0.39, 0.29) is 12.8 Å². The van der Waals surface area contributed by atoms with Gasteiger partial charge in [-0.25, -0.2) is 9.59 Å². The predicted molar refractivity (Wildman–Crippen MR) is 272 cm³/mol. The van der Waals surface area contributed by atoms with Crippen LogP contribution in [-0.4, -0.2) is 169 Å². The second-order valence-corrected chi connectivity index (χ2v) is 19.7. The molecule has 0 spiro atoms. The first-order chi connectivity index (χ1) is 35.0. The van der Waals surface area contributed by atoms with Crippen molar-refractivity contribution in [2.45, 2.75) is 175 Å². The Bertz CT molecular complexity index is 2220. The predicted octanol–water partition coefficient (Wildman–Crippen LogP) is 2.57. The fourth-order valence-electron chi connectivity index (χ4n) is 8.22. The second-order valence-electron chi connectivity index (χ2n) is 19.7. The Morgan fingerprint density at radius 3 is 1.93 bits per heavy atom. The van der Waals surface area contributed by atoms with Crippen LogP contribution in [0.3, 0.4) is 0 Å². The van der Waals surface area contributed by atoms with Crippen LogP contribution >= 0.6 is 0 Å². The highest BCUT2D eigenvalue weighted by atomic mass is 16.6. The molecule has 1 aromatic rings. The van der Waals surface area contributed by atoms with Gasteiger partial charge in [0.05, 0.1) is 6.10 Å². The summed E-state index contributed by atoms with van der Waals surface area (Å²) in [5.74, 6) is -12.7. The number of ketones is 1. The number of carbonyl (C=O) groups excluding carboxylic acids is 11. The summed E-state index contributed by atoms with van der Waals surface area (Å²) in [5.41, 5.74) is 0.0502. The number of amides is 6. The van der Waals surface area contributed by atoms with Crippen molar-refractivity contribution in [3.63, 3.8) is 0 Å². The number of carbonyl (C=O) groups is 11. The third-order valence-corrected chi connectivity index (χ3v) is 12.9. The number of rotatable bonds is 18. The molecular formula is C53H80N6O16. The van der Waals surface area contributed by atoms with Crippen molar-refractivity contribution >= 4 is 65.1 Å². The van der Waals surface area contributed by atoms with Gasteiger partial charge in [-0.1, -0.05) is 84.4 Å². The molecule has 1 aliphatic rings. The number of cyclic esters (lactones) is 2. The summed E-state index contributed by atoms with van der Waals surface area (Å²) in [6.45, 7) is 19.9. The van der Waals surface area contributed by atoms with Gasteiger partial charge in [-0.2, -0.15) is 0 Å². The summed E-state index contributed by atoms with van der Waals surface area (Å²) in [6, 6.07) is 0.277. The molecule has 75 heavy (non-hydrogen) atoms. The average Bonchev–Trinajstić information content (AvgIpc) is 3.35. The highest BCUT2D eigenvalue weighted by Gasteiger charge is 2.46. The first kappa shape index (κ1) is 64.4. The van der Waals surface area contributed by atoms with Crippen LogP contribution in [0.1, 0.15) is 114 Å². The molecule has 22 heteroatoms. The lowest BCUT2D eigenvalue weighted by atomic mass is 9.88. The molecule has 1 aliphatic heterocycles. The van der Waals surface area contributed by atoms with E-state index in [0.29, 0.717) is 12.0 Å². The van der Waals surface area contributed by atoms with E-state index in [0.717, 1.165) is 34.5 Å². The molecule has 0 unspecified atom stereocenters. The van der Waals surface area contributed by atoms with E-state index in [1.54, 1.807) is 58.0 Å². The highest BCUT2D eigenvalue weighted by Crippen LogP contribution is 2.27. The molecular weight excluding hydrogens is 977 g/mol. The lowest BCUT2D eigenvalue weighted by Crippen LogP contribution is -2.63. The summed E-state index contributed by atoms with van der Waals surface area (Å²) in [6.07, 6.45) is -5.64. The number of ether oxygens (including phenoxy) is 5. The zero-order valence-electron chi connectivity index (χ0n) is 46.2. The van der Waals surface area contributed by atoms with Crippen LogP contribution in [0.4, 0.5) is 0 Å². The first-order valence-electron chi connectivity index (χ1n) is 25.3. The topological polar surface area (TPSA) is 280 Å². The number of Topliss-reactive ketones (excluding diaryl/α,β-unsaturated/α-hetero) is 1. The maximum Gasteiger partial charge on any atom is 0.333 e. The third-order valence-electron chi connectivity index (χ3n) is 12.9. The number of unbranched alkanes of at least 4 members (excludes halogenated alkanes) is 2. The quantitative estimate of drug-likeness (QED) is 0.0825. The normalized spacial score (nSPS) is 23.9. The summed E-state index contributed by atoms with van der Waals surface area (Å²) in [4.78, 5) is 156. The van der Waals surface area contributed by atoms with Gasteiger partial charge in [0.2, 0.25) is 23.6 Å². The average molecular weight is 1060 g/mol. The maximum atomic E-state index is 15.2. The van der Waals surface area contributed by atoms with Crippen molar-refractivity contribution in [2.75, 3.05) is 28.3 Å². The lowest BCUT2D eigenvalue weighted by Gasteiger charge is -2.38. The van der Waals surface area contributed by atoms with Crippen LogP contribution in [0.15, 0.2) is 42.6 Å². The van der Waals surface area contributed by atoms with Gasteiger partial charge in [-0.05, 0) is 58.4 Å². The van der Waals surface area contributed by atoms with Crippen LogP contribution in [-0.2, 0) is 82.8 Å². The zero-order chi connectivity index (χ0) is 57.2. The Morgan fingerprint density at radius 2 is 1.40 bits per heavy atom. The highest BCUT2D eigenvalue weighted by molar-refractivity contribution is 6.01. The molecule has 2 rings (SSSR count). The molecule has 1 fully saturated rings. The van der Waals surface area contributed by atoms with E-state index >= 15 is 4.79 Å². The van der Waals surface area contributed by atoms with Gasteiger partial charge < -0.3 is 54.3 Å². The summed E-state index contributed by atoms with van der Waals surface area (Å²) < 4.78 is 29.1. The number of benzene rings is 1. The Hall–Kier alpha value is -6.71. The van der Waals surface area contributed by atoms with E-state index < -0.39 is 156 Å². The SMILES string of the molecule is C=C1C(=O)N[C@@H](C)C(=O)N(C)[C@@H](C)C(=O)N[C@@H]([C@H](OC(=O)[C@@H](CC(C)=O)[C@H](OC(=O)CCCCC)C(C)C)C(C)C)C(=O)N(C)[C@@H]([C@@H](C)OC)C(=O)O[C@H](C)[C@H](NC(C)=O)C(=O)O[C@H](Cc2ccccc2)C(=O)N1C. The minimum Gasteiger partial charge on any atom is -0.461 e. The standard InChI is InChI=1S/C53H80N6O16/c1-17-18-20-25-40(62)74-44(28(2)3)38(26-30(6)60)51(68)75-45(29(4)5)42-50(67)59(15)43(35(11)71-16)53(70)72-34(10)41(55-36(12)61)52(69)73-39(27-37-23-21-19-22-24-37)49(66)58(14)32(8)46(63)54-31(7)48(65)57(13)33(9)47(64)56-42/h19,21-24,28-29,31,33-35,38-39,41-45H,8,17-18,20,25-27H2,1-7,9-16H3,(H,54,63)(H,55,61)(H,56,64)/t31-,33-,34+,35+,38-,39+,41-,42-,43-,44+,45+/m0/s1. The molecule has 11 atom stereocenters. The number of methoxy groups -OCH3 is 1. The summed E-state index contributed by atoms with van der Waals surface area (Å²) in [5, 5.41) is 7.47. The van der Waals surface area contributed by atoms with E-state index in [9.17, 15) is 47.9 Å². The Balaban J connectivity index is 2.91. The first-order valence-corrected chi connectivity index (χ1v) is 25.3. The number of likely N-dealkylation sites (N-methyl/N-ethyl adjacent to an activating group) is 3. The monoisotopic (exact) mass is 1060 g/mol. The van der Waals surface area contributed by atoms with Crippen LogP contribution < -0.4 is 16.0 Å². The van der Waals surface area contributed by atoms with E-state index in [1.807, 2.05) is 6.92 Å². The van der Waals surface area contributed by atoms with Crippen molar-refractivity contribution in [3.05, 3.63) is 48.2 Å².